The average Bonchev–Trinajstić information content (AvgIpc) is 2.50. The summed E-state index contributed by atoms with van der Waals surface area (Å²) in [5.74, 6) is -0.456. The van der Waals surface area contributed by atoms with Gasteiger partial charge in [0.15, 0.2) is 5.13 Å². The molecule has 14 heavy (non-hydrogen) atoms. The third-order valence-corrected chi connectivity index (χ3v) is 2.75. The van der Waals surface area contributed by atoms with Crippen molar-refractivity contribution >= 4 is 38.3 Å². The van der Waals surface area contributed by atoms with E-state index in [1.807, 2.05) is 5.38 Å². The van der Waals surface area contributed by atoms with Gasteiger partial charge in [0.1, 0.15) is 11.2 Å². The normalized spacial score (nSPS) is 10.1. The molecule has 0 aromatic carbocycles. The zero-order valence-electron chi connectivity index (χ0n) is 7.33. The number of hydrogen-bond donors (Lipinski definition) is 2. The fourth-order valence-electron chi connectivity index (χ4n) is 0.738. The van der Waals surface area contributed by atoms with E-state index in [1.165, 1.54) is 11.3 Å². The third kappa shape index (κ3) is 4.54. The molecule has 1 rings (SSSR count). The summed E-state index contributed by atoms with van der Waals surface area (Å²) in [6, 6.07) is 0. The Morgan fingerprint density at radius 3 is 3.14 bits per heavy atom. The number of aromatic nitrogens is 1. The third-order valence-electron chi connectivity index (χ3n) is 1.24. The highest BCUT2D eigenvalue weighted by molar-refractivity contribution is 9.10. The highest BCUT2D eigenvalue weighted by Crippen LogP contribution is 2.18. The molecule has 1 amide bonds. The molecular formula is C7H10BrN3O2S. The highest BCUT2D eigenvalue weighted by Gasteiger charge is 1.98. The van der Waals surface area contributed by atoms with Gasteiger partial charge >= 0.3 is 0 Å². The Bertz CT molecular complexity index is 305. The molecule has 0 aliphatic rings. The SMILES string of the molecule is NC(=O)COCCNc1nc(Br)cs1. The average molecular weight is 280 g/mol. The van der Waals surface area contributed by atoms with Crippen molar-refractivity contribution in [1.29, 1.82) is 0 Å². The Hall–Kier alpha value is -0.660. The fraction of sp³-hybridized carbons (Fsp3) is 0.429. The maximum atomic E-state index is 10.3. The van der Waals surface area contributed by atoms with E-state index in [-0.39, 0.29) is 6.61 Å². The Labute approximate surface area is 93.8 Å². The number of ether oxygens (including phenoxy) is 1. The van der Waals surface area contributed by atoms with Gasteiger partial charge in [-0.15, -0.1) is 11.3 Å². The second-order valence-corrected chi connectivity index (χ2v) is 4.09. The molecule has 1 aromatic rings. The van der Waals surface area contributed by atoms with E-state index in [0.29, 0.717) is 13.2 Å². The summed E-state index contributed by atoms with van der Waals surface area (Å²) in [4.78, 5) is 14.4. The minimum absolute atomic E-state index is 0.0384. The summed E-state index contributed by atoms with van der Waals surface area (Å²) < 4.78 is 5.76. The molecule has 0 saturated heterocycles. The number of halogens is 1. The van der Waals surface area contributed by atoms with Crippen molar-refractivity contribution in [3.8, 4) is 0 Å². The van der Waals surface area contributed by atoms with Crippen LogP contribution >= 0.6 is 27.3 Å². The smallest absolute Gasteiger partial charge is 0.243 e. The summed E-state index contributed by atoms with van der Waals surface area (Å²) in [5.41, 5.74) is 4.89. The van der Waals surface area contributed by atoms with Gasteiger partial charge in [-0.3, -0.25) is 4.79 Å². The number of carbonyl (C=O) groups excluding carboxylic acids is 1. The summed E-state index contributed by atoms with van der Waals surface area (Å²) >= 11 is 4.74. The fourth-order valence-corrected chi connectivity index (χ4v) is 1.91. The Morgan fingerprint density at radius 1 is 1.79 bits per heavy atom. The molecule has 0 aliphatic carbocycles. The zero-order valence-corrected chi connectivity index (χ0v) is 9.73. The van der Waals surface area contributed by atoms with Crippen LogP contribution < -0.4 is 11.1 Å². The summed E-state index contributed by atoms with van der Waals surface area (Å²) in [7, 11) is 0. The van der Waals surface area contributed by atoms with Crippen molar-refractivity contribution in [2.24, 2.45) is 5.73 Å². The number of nitrogens with one attached hydrogen (secondary N) is 1. The van der Waals surface area contributed by atoms with Crippen molar-refractivity contribution in [2.45, 2.75) is 0 Å². The molecule has 0 unspecified atom stereocenters. The van der Waals surface area contributed by atoms with Gasteiger partial charge in [0, 0.05) is 11.9 Å². The molecule has 0 aliphatic heterocycles. The number of hydrogen-bond acceptors (Lipinski definition) is 5. The van der Waals surface area contributed by atoms with Gasteiger partial charge in [0.05, 0.1) is 6.61 Å². The van der Waals surface area contributed by atoms with Gasteiger partial charge in [0.2, 0.25) is 5.91 Å². The molecule has 7 heteroatoms. The molecular weight excluding hydrogens is 270 g/mol. The van der Waals surface area contributed by atoms with Crippen LogP contribution in [-0.2, 0) is 9.53 Å². The van der Waals surface area contributed by atoms with Crippen LogP contribution in [0.25, 0.3) is 0 Å². The van der Waals surface area contributed by atoms with Gasteiger partial charge in [-0.2, -0.15) is 0 Å². The largest absolute Gasteiger partial charge is 0.370 e. The number of amides is 1. The molecule has 0 saturated carbocycles. The van der Waals surface area contributed by atoms with Gasteiger partial charge in [-0.25, -0.2) is 4.98 Å². The molecule has 0 spiro atoms. The van der Waals surface area contributed by atoms with E-state index in [1.54, 1.807) is 0 Å². The lowest BCUT2D eigenvalue weighted by molar-refractivity contribution is -0.122. The standard InChI is InChI=1S/C7H10BrN3O2S/c8-5-4-14-7(11-5)10-1-2-13-3-6(9)12/h4H,1-3H2,(H2,9,12)(H,10,11). The van der Waals surface area contributed by atoms with Gasteiger partial charge in [0.25, 0.3) is 0 Å². The van der Waals surface area contributed by atoms with E-state index in [4.69, 9.17) is 10.5 Å². The monoisotopic (exact) mass is 279 g/mol. The Balaban J connectivity index is 2.07. The van der Waals surface area contributed by atoms with E-state index < -0.39 is 5.91 Å². The second kappa shape index (κ2) is 5.94. The quantitative estimate of drug-likeness (QED) is 0.756. The van der Waals surface area contributed by atoms with Gasteiger partial charge in [-0.05, 0) is 15.9 Å². The van der Waals surface area contributed by atoms with Crippen LogP contribution in [0.2, 0.25) is 0 Å². The maximum absolute atomic E-state index is 10.3. The highest BCUT2D eigenvalue weighted by atomic mass is 79.9. The van der Waals surface area contributed by atoms with Crippen LogP contribution in [0.3, 0.4) is 0 Å². The van der Waals surface area contributed by atoms with Crippen molar-refractivity contribution in [3.63, 3.8) is 0 Å². The molecule has 3 N–H and O–H groups in total. The Morgan fingerprint density at radius 2 is 2.57 bits per heavy atom. The van der Waals surface area contributed by atoms with E-state index in [2.05, 4.69) is 26.2 Å². The number of nitrogens with zero attached hydrogens (tertiary/aromatic N) is 1. The van der Waals surface area contributed by atoms with Crippen LogP contribution in [0.4, 0.5) is 5.13 Å². The maximum Gasteiger partial charge on any atom is 0.243 e. The van der Waals surface area contributed by atoms with E-state index in [0.717, 1.165) is 9.73 Å². The van der Waals surface area contributed by atoms with Crippen LogP contribution in [0.1, 0.15) is 0 Å². The molecule has 1 heterocycles. The van der Waals surface area contributed by atoms with Crippen molar-refractivity contribution < 1.29 is 9.53 Å². The lowest BCUT2D eigenvalue weighted by Gasteiger charge is -2.02. The predicted molar refractivity (Wildman–Crippen MR) is 58.3 cm³/mol. The molecule has 78 valence electrons. The molecule has 0 atom stereocenters. The first kappa shape index (κ1) is 11.4. The number of primary amides is 1. The summed E-state index contributed by atoms with van der Waals surface area (Å²) in [5, 5.41) is 5.74. The lowest BCUT2D eigenvalue weighted by atomic mass is 10.6. The topological polar surface area (TPSA) is 77.2 Å². The summed E-state index contributed by atoms with van der Waals surface area (Å²) in [6.07, 6.45) is 0. The van der Waals surface area contributed by atoms with Crippen molar-refractivity contribution in [3.05, 3.63) is 9.98 Å². The molecule has 5 nitrogen and oxygen atoms in total. The number of anilines is 1. The first-order valence-corrected chi connectivity index (χ1v) is 5.56. The van der Waals surface area contributed by atoms with Gasteiger partial charge in [-0.1, -0.05) is 0 Å². The van der Waals surface area contributed by atoms with Crippen LogP contribution in [-0.4, -0.2) is 30.6 Å². The molecule has 1 aromatic heterocycles. The first-order chi connectivity index (χ1) is 6.68. The molecule has 0 bridgehead atoms. The zero-order chi connectivity index (χ0) is 10.4. The minimum atomic E-state index is -0.456. The number of rotatable bonds is 6. The minimum Gasteiger partial charge on any atom is -0.370 e. The van der Waals surface area contributed by atoms with Crippen LogP contribution in [0.15, 0.2) is 9.98 Å². The number of nitrogens with two attached hydrogens (primary N) is 1. The molecule has 0 fully saturated rings. The second-order valence-electron chi connectivity index (χ2n) is 2.42. The van der Waals surface area contributed by atoms with Crippen molar-refractivity contribution in [1.82, 2.24) is 4.98 Å². The molecule has 0 radical (unpaired) electrons. The van der Waals surface area contributed by atoms with Crippen molar-refractivity contribution in [2.75, 3.05) is 25.1 Å². The predicted octanol–water partition coefficient (Wildman–Crippen LogP) is 0.819. The summed E-state index contributed by atoms with van der Waals surface area (Å²) in [6.45, 7) is 0.997. The van der Waals surface area contributed by atoms with Crippen LogP contribution in [0.5, 0.6) is 0 Å². The number of carbonyl (C=O) groups is 1. The van der Waals surface area contributed by atoms with Gasteiger partial charge < -0.3 is 15.8 Å². The first-order valence-electron chi connectivity index (χ1n) is 3.89. The Kier molecular flexibility index (Phi) is 4.85. The number of thiazole rings is 1. The van der Waals surface area contributed by atoms with E-state index in [9.17, 15) is 4.79 Å². The lowest BCUT2D eigenvalue weighted by Crippen LogP contribution is -2.20. The van der Waals surface area contributed by atoms with Crippen LogP contribution in [0, 0.1) is 0 Å². The van der Waals surface area contributed by atoms with E-state index >= 15 is 0 Å².